The molecule has 2 aromatic rings. The lowest BCUT2D eigenvalue weighted by Gasteiger charge is -2.22. The van der Waals surface area contributed by atoms with E-state index in [-0.39, 0.29) is 5.82 Å². The molecular formula is C15H16BrFN2. The summed E-state index contributed by atoms with van der Waals surface area (Å²) in [6.07, 6.45) is 0. The van der Waals surface area contributed by atoms with E-state index in [0.717, 1.165) is 15.7 Å². The summed E-state index contributed by atoms with van der Waals surface area (Å²) in [4.78, 5) is 2.02. The number of rotatable bonds is 3. The lowest BCUT2D eigenvalue weighted by Crippen LogP contribution is -2.18. The summed E-state index contributed by atoms with van der Waals surface area (Å²) < 4.78 is 14.5. The zero-order valence-electron chi connectivity index (χ0n) is 11.0. The van der Waals surface area contributed by atoms with E-state index in [0.29, 0.717) is 17.8 Å². The van der Waals surface area contributed by atoms with Gasteiger partial charge in [0.25, 0.3) is 0 Å². The van der Waals surface area contributed by atoms with Crippen LogP contribution >= 0.6 is 15.9 Å². The minimum absolute atomic E-state index is 0.268. The van der Waals surface area contributed by atoms with Crippen molar-refractivity contribution in [3.05, 3.63) is 57.8 Å². The fourth-order valence-corrected chi connectivity index (χ4v) is 2.39. The molecule has 100 valence electrons. The largest absolute Gasteiger partial charge is 0.397 e. The first-order chi connectivity index (χ1) is 8.99. The van der Waals surface area contributed by atoms with Gasteiger partial charge in [-0.15, -0.1) is 0 Å². The van der Waals surface area contributed by atoms with E-state index in [9.17, 15) is 4.39 Å². The van der Waals surface area contributed by atoms with Crippen LogP contribution in [0.15, 0.2) is 40.9 Å². The number of nitrogen functional groups attached to an aromatic ring is 1. The van der Waals surface area contributed by atoms with Crippen LogP contribution in [0.5, 0.6) is 0 Å². The molecule has 0 heterocycles. The summed E-state index contributed by atoms with van der Waals surface area (Å²) in [5.74, 6) is -0.268. The van der Waals surface area contributed by atoms with Gasteiger partial charge in [-0.25, -0.2) is 4.39 Å². The maximum absolute atomic E-state index is 13.4. The van der Waals surface area contributed by atoms with Gasteiger partial charge in [0.2, 0.25) is 0 Å². The molecule has 2 aromatic carbocycles. The zero-order chi connectivity index (χ0) is 14.0. The van der Waals surface area contributed by atoms with Crippen LogP contribution in [0.2, 0.25) is 0 Å². The smallest absolute Gasteiger partial charge is 0.128 e. The Morgan fingerprint density at radius 3 is 2.63 bits per heavy atom. The second kappa shape index (κ2) is 5.61. The van der Waals surface area contributed by atoms with Crippen molar-refractivity contribution in [3.8, 4) is 0 Å². The number of hydrogen-bond donors (Lipinski definition) is 1. The summed E-state index contributed by atoms with van der Waals surface area (Å²) >= 11 is 3.52. The van der Waals surface area contributed by atoms with Crippen LogP contribution in [-0.2, 0) is 6.54 Å². The van der Waals surface area contributed by atoms with Crippen molar-refractivity contribution in [2.75, 3.05) is 17.7 Å². The Labute approximate surface area is 121 Å². The third-order valence-electron chi connectivity index (χ3n) is 3.08. The van der Waals surface area contributed by atoms with Crippen LogP contribution < -0.4 is 10.6 Å². The van der Waals surface area contributed by atoms with Crippen molar-refractivity contribution in [1.82, 2.24) is 0 Å². The molecule has 19 heavy (non-hydrogen) atoms. The second-order valence-corrected chi connectivity index (χ2v) is 5.46. The number of benzene rings is 2. The monoisotopic (exact) mass is 322 g/mol. The van der Waals surface area contributed by atoms with Gasteiger partial charge in [0.1, 0.15) is 5.82 Å². The number of halogens is 2. The van der Waals surface area contributed by atoms with Crippen molar-refractivity contribution in [2.45, 2.75) is 13.5 Å². The minimum Gasteiger partial charge on any atom is -0.397 e. The number of aryl methyl sites for hydroxylation is 1. The van der Waals surface area contributed by atoms with E-state index in [2.05, 4.69) is 15.9 Å². The van der Waals surface area contributed by atoms with E-state index in [1.807, 2.05) is 36.2 Å². The number of nitrogens with two attached hydrogens (primary N) is 1. The highest BCUT2D eigenvalue weighted by Crippen LogP contribution is 2.28. The highest BCUT2D eigenvalue weighted by Gasteiger charge is 2.10. The lowest BCUT2D eigenvalue weighted by atomic mass is 10.1. The standard InChI is InChI=1S/C15H16BrFN2/c1-10-7-15(14(18)8-13(10)17)19(2)9-11-5-3-4-6-12(11)16/h3-8H,9,18H2,1-2H3. The van der Waals surface area contributed by atoms with Crippen molar-refractivity contribution >= 4 is 27.3 Å². The molecule has 0 bridgehead atoms. The second-order valence-electron chi connectivity index (χ2n) is 4.61. The quantitative estimate of drug-likeness (QED) is 0.861. The number of nitrogens with zero attached hydrogens (tertiary/aromatic N) is 1. The van der Waals surface area contributed by atoms with Crippen LogP contribution in [0.4, 0.5) is 15.8 Å². The molecule has 0 radical (unpaired) electrons. The minimum atomic E-state index is -0.268. The topological polar surface area (TPSA) is 29.3 Å². The Morgan fingerprint density at radius 1 is 1.26 bits per heavy atom. The van der Waals surface area contributed by atoms with Gasteiger partial charge in [-0.1, -0.05) is 34.1 Å². The molecule has 2 N–H and O–H groups in total. The molecule has 0 aliphatic rings. The van der Waals surface area contributed by atoms with Gasteiger partial charge in [0.05, 0.1) is 11.4 Å². The van der Waals surface area contributed by atoms with Gasteiger partial charge in [-0.3, -0.25) is 0 Å². The third-order valence-corrected chi connectivity index (χ3v) is 3.86. The zero-order valence-corrected chi connectivity index (χ0v) is 12.5. The average molecular weight is 323 g/mol. The van der Waals surface area contributed by atoms with Crippen LogP contribution in [0.1, 0.15) is 11.1 Å². The number of hydrogen-bond acceptors (Lipinski definition) is 2. The molecule has 0 aliphatic carbocycles. The Bertz CT molecular complexity index is 599. The highest BCUT2D eigenvalue weighted by atomic mass is 79.9. The summed E-state index contributed by atoms with van der Waals surface area (Å²) in [5, 5.41) is 0. The molecule has 4 heteroatoms. The molecule has 0 saturated carbocycles. The Hall–Kier alpha value is -1.55. The molecule has 0 aromatic heterocycles. The molecule has 0 amide bonds. The molecule has 0 unspecified atom stereocenters. The summed E-state index contributed by atoms with van der Waals surface area (Å²) in [6, 6.07) is 11.2. The molecule has 0 fully saturated rings. The van der Waals surface area contributed by atoms with E-state index in [4.69, 9.17) is 5.73 Å². The SMILES string of the molecule is Cc1cc(N(C)Cc2ccccc2Br)c(N)cc1F. The number of anilines is 2. The fourth-order valence-electron chi connectivity index (χ4n) is 1.98. The maximum Gasteiger partial charge on any atom is 0.128 e. The van der Waals surface area contributed by atoms with Crippen molar-refractivity contribution in [3.63, 3.8) is 0 Å². The Balaban J connectivity index is 2.28. The van der Waals surface area contributed by atoms with Crippen LogP contribution in [0.3, 0.4) is 0 Å². The first-order valence-corrected chi connectivity index (χ1v) is 6.78. The van der Waals surface area contributed by atoms with Gasteiger partial charge in [0, 0.05) is 18.1 Å². The lowest BCUT2D eigenvalue weighted by molar-refractivity contribution is 0.619. The van der Waals surface area contributed by atoms with E-state index in [1.165, 1.54) is 6.07 Å². The molecule has 0 saturated heterocycles. The third kappa shape index (κ3) is 3.07. The first-order valence-electron chi connectivity index (χ1n) is 5.99. The normalized spacial score (nSPS) is 10.5. The van der Waals surface area contributed by atoms with E-state index < -0.39 is 0 Å². The van der Waals surface area contributed by atoms with E-state index in [1.54, 1.807) is 13.0 Å². The van der Waals surface area contributed by atoms with Gasteiger partial charge in [-0.05, 0) is 36.2 Å². The maximum atomic E-state index is 13.4. The Kier molecular flexibility index (Phi) is 4.10. The van der Waals surface area contributed by atoms with Crippen LogP contribution in [-0.4, -0.2) is 7.05 Å². The van der Waals surface area contributed by atoms with Crippen molar-refractivity contribution < 1.29 is 4.39 Å². The fraction of sp³-hybridized carbons (Fsp3) is 0.200. The van der Waals surface area contributed by atoms with Gasteiger partial charge >= 0.3 is 0 Å². The van der Waals surface area contributed by atoms with Gasteiger partial charge in [-0.2, -0.15) is 0 Å². The molecule has 0 spiro atoms. The van der Waals surface area contributed by atoms with Crippen LogP contribution in [0, 0.1) is 12.7 Å². The van der Waals surface area contributed by atoms with E-state index >= 15 is 0 Å². The molecule has 2 rings (SSSR count). The summed E-state index contributed by atoms with van der Waals surface area (Å²) in [6.45, 7) is 2.45. The van der Waals surface area contributed by atoms with Crippen molar-refractivity contribution in [2.24, 2.45) is 0 Å². The summed E-state index contributed by atoms with van der Waals surface area (Å²) in [7, 11) is 1.95. The Morgan fingerprint density at radius 2 is 1.95 bits per heavy atom. The summed E-state index contributed by atoms with van der Waals surface area (Å²) in [5.41, 5.74) is 8.95. The predicted octanol–water partition coefficient (Wildman–Crippen LogP) is 4.12. The average Bonchev–Trinajstić information content (AvgIpc) is 2.36. The molecule has 2 nitrogen and oxygen atoms in total. The highest BCUT2D eigenvalue weighted by molar-refractivity contribution is 9.10. The first kappa shape index (κ1) is 13.9. The molecule has 0 aliphatic heterocycles. The van der Waals surface area contributed by atoms with Crippen LogP contribution in [0.25, 0.3) is 0 Å². The molecule has 0 atom stereocenters. The predicted molar refractivity (Wildman–Crippen MR) is 81.8 cm³/mol. The van der Waals surface area contributed by atoms with Gasteiger partial charge < -0.3 is 10.6 Å². The molecular weight excluding hydrogens is 307 g/mol. The van der Waals surface area contributed by atoms with Gasteiger partial charge in [0.15, 0.2) is 0 Å². The van der Waals surface area contributed by atoms with Crippen molar-refractivity contribution in [1.29, 1.82) is 0 Å².